The first-order valence-corrected chi connectivity index (χ1v) is 6.05. The lowest BCUT2D eigenvalue weighted by Crippen LogP contribution is -2.17. The molecule has 2 nitrogen and oxygen atoms in total. The molecular weight excluding hydrogens is 262 g/mol. The summed E-state index contributed by atoms with van der Waals surface area (Å²) in [4.78, 5) is 0. The minimum Gasteiger partial charge on any atom is -0.393 e. The van der Waals surface area contributed by atoms with E-state index in [0.29, 0.717) is 18.5 Å². The molecule has 0 saturated heterocycles. The van der Waals surface area contributed by atoms with Gasteiger partial charge < -0.3 is 10.4 Å². The fraction of sp³-hybridized carbons (Fsp3) is 0.538. The average molecular weight is 279 g/mol. The molecule has 0 saturated carbocycles. The number of aliphatic hydroxyl groups excluding tert-OH is 1. The molecule has 6 heteroatoms. The molecule has 2 N–H and O–H groups in total. The molecule has 1 aromatic carbocycles. The highest BCUT2D eigenvalue weighted by molar-refractivity contribution is 5.27. The van der Waals surface area contributed by atoms with Crippen molar-refractivity contribution in [3.05, 3.63) is 35.1 Å². The van der Waals surface area contributed by atoms with Gasteiger partial charge in [-0.2, -0.15) is 13.2 Å². The molecule has 1 aromatic rings. The van der Waals surface area contributed by atoms with Crippen molar-refractivity contribution in [1.29, 1.82) is 0 Å². The molecular formula is C13H17F4NO. The van der Waals surface area contributed by atoms with Crippen molar-refractivity contribution in [2.24, 2.45) is 0 Å². The SMILES string of the molecule is CC(O)CCCNCc1ccc(F)c(C(F)(F)F)c1. The van der Waals surface area contributed by atoms with Gasteiger partial charge in [0.15, 0.2) is 0 Å². The maximum absolute atomic E-state index is 13.0. The summed E-state index contributed by atoms with van der Waals surface area (Å²) in [6, 6.07) is 2.97. The van der Waals surface area contributed by atoms with Crippen LogP contribution in [0, 0.1) is 5.82 Å². The molecule has 1 atom stereocenters. The molecule has 0 spiro atoms. The molecule has 0 bridgehead atoms. The molecule has 0 fully saturated rings. The Bertz CT molecular complexity index is 404. The molecule has 0 aromatic heterocycles. The minimum atomic E-state index is -4.67. The van der Waals surface area contributed by atoms with Gasteiger partial charge in [0.1, 0.15) is 5.82 Å². The minimum absolute atomic E-state index is 0.239. The quantitative estimate of drug-likeness (QED) is 0.619. The zero-order chi connectivity index (χ0) is 14.5. The number of nitrogens with one attached hydrogen (secondary N) is 1. The predicted molar refractivity (Wildman–Crippen MR) is 64.0 cm³/mol. The van der Waals surface area contributed by atoms with Crippen molar-refractivity contribution in [3.8, 4) is 0 Å². The van der Waals surface area contributed by atoms with Gasteiger partial charge in [-0.1, -0.05) is 6.07 Å². The van der Waals surface area contributed by atoms with Gasteiger partial charge in [-0.15, -0.1) is 0 Å². The Kier molecular flexibility index (Phi) is 5.75. The van der Waals surface area contributed by atoms with Gasteiger partial charge in [0.2, 0.25) is 0 Å². The summed E-state index contributed by atoms with van der Waals surface area (Å²) in [6.07, 6.45) is -3.70. The van der Waals surface area contributed by atoms with Crippen LogP contribution in [0.2, 0.25) is 0 Å². The van der Waals surface area contributed by atoms with Crippen LogP contribution < -0.4 is 5.32 Å². The van der Waals surface area contributed by atoms with E-state index in [2.05, 4.69) is 5.32 Å². The summed E-state index contributed by atoms with van der Waals surface area (Å²) in [5.74, 6) is -1.26. The lowest BCUT2D eigenvalue weighted by atomic mass is 10.1. The van der Waals surface area contributed by atoms with E-state index in [1.165, 1.54) is 6.07 Å². The van der Waals surface area contributed by atoms with Crippen LogP contribution in [0.25, 0.3) is 0 Å². The van der Waals surface area contributed by atoms with E-state index in [0.717, 1.165) is 18.6 Å². The van der Waals surface area contributed by atoms with E-state index in [-0.39, 0.29) is 12.6 Å². The number of rotatable bonds is 6. The number of benzene rings is 1. The molecule has 1 unspecified atom stereocenters. The summed E-state index contributed by atoms with van der Waals surface area (Å²) in [7, 11) is 0. The Hall–Kier alpha value is -1.14. The van der Waals surface area contributed by atoms with Crippen LogP contribution in [0.15, 0.2) is 18.2 Å². The smallest absolute Gasteiger partial charge is 0.393 e. The van der Waals surface area contributed by atoms with E-state index in [1.807, 2.05) is 0 Å². The highest BCUT2D eigenvalue weighted by Gasteiger charge is 2.34. The van der Waals surface area contributed by atoms with Crippen LogP contribution in [0.3, 0.4) is 0 Å². The van der Waals surface area contributed by atoms with Crippen molar-refractivity contribution in [2.75, 3.05) is 6.54 Å². The zero-order valence-corrected chi connectivity index (χ0v) is 10.6. The first-order valence-electron chi connectivity index (χ1n) is 6.05. The maximum atomic E-state index is 13.0. The predicted octanol–water partition coefficient (Wildman–Crippen LogP) is 3.10. The van der Waals surface area contributed by atoms with Gasteiger partial charge >= 0.3 is 6.18 Å². The van der Waals surface area contributed by atoms with Crippen molar-refractivity contribution in [3.63, 3.8) is 0 Å². The largest absolute Gasteiger partial charge is 0.419 e. The van der Waals surface area contributed by atoms with Gasteiger partial charge in [0, 0.05) is 6.54 Å². The van der Waals surface area contributed by atoms with Crippen molar-refractivity contribution < 1.29 is 22.7 Å². The molecule has 0 amide bonds. The monoisotopic (exact) mass is 279 g/mol. The highest BCUT2D eigenvalue weighted by Crippen LogP contribution is 2.31. The van der Waals surface area contributed by atoms with Crippen LogP contribution in [0.5, 0.6) is 0 Å². The van der Waals surface area contributed by atoms with Crippen LogP contribution >= 0.6 is 0 Å². The van der Waals surface area contributed by atoms with Crippen molar-refractivity contribution in [2.45, 2.75) is 38.6 Å². The zero-order valence-electron chi connectivity index (χ0n) is 10.6. The Balaban J connectivity index is 2.51. The van der Waals surface area contributed by atoms with E-state index < -0.39 is 17.6 Å². The molecule has 108 valence electrons. The highest BCUT2D eigenvalue weighted by atomic mass is 19.4. The summed E-state index contributed by atoms with van der Waals surface area (Å²) in [5.41, 5.74) is -0.860. The lowest BCUT2D eigenvalue weighted by molar-refractivity contribution is -0.140. The second-order valence-electron chi connectivity index (χ2n) is 4.48. The van der Waals surface area contributed by atoms with Crippen molar-refractivity contribution >= 4 is 0 Å². The Morgan fingerprint density at radius 3 is 2.58 bits per heavy atom. The lowest BCUT2D eigenvalue weighted by Gasteiger charge is -2.11. The number of alkyl halides is 3. The van der Waals surface area contributed by atoms with Crippen LogP contribution in [-0.2, 0) is 12.7 Å². The topological polar surface area (TPSA) is 32.3 Å². The third kappa shape index (κ3) is 5.57. The second-order valence-corrected chi connectivity index (χ2v) is 4.48. The number of hydrogen-bond donors (Lipinski definition) is 2. The number of hydrogen-bond acceptors (Lipinski definition) is 2. The molecule has 0 aliphatic carbocycles. The van der Waals surface area contributed by atoms with Crippen molar-refractivity contribution in [1.82, 2.24) is 5.32 Å². The Morgan fingerprint density at radius 1 is 1.32 bits per heavy atom. The number of halogens is 4. The third-order valence-electron chi connectivity index (χ3n) is 2.64. The molecule has 0 aliphatic heterocycles. The van der Waals surface area contributed by atoms with Gasteiger partial charge in [0.25, 0.3) is 0 Å². The average Bonchev–Trinajstić information content (AvgIpc) is 2.28. The molecule has 1 rings (SSSR count). The van der Waals surface area contributed by atoms with Crippen LogP contribution in [0.4, 0.5) is 17.6 Å². The second kappa shape index (κ2) is 6.86. The molecule has 0 radical (unpaired) electrons. The molecule has 19 heavy (non-hydrogen) atoms. The summed E-state index contributed by atoms with van der Waals surface area (Å²) in [5, 5.41) is 12.0. The summed E-state index contributed by atoms with van der Waals surface area (Å²) in [6.45, 7) is 2.50. The van der Waals surface area contributed by atoms with Gasteiger partial charge in [-0.05, 0) is 44.0 Å². The fourth-order valence-corrected chi connectivity index (χ4v) is 1.65. The van der Waals surface area contributed by atoms with Gasteiger partial charge in [-0.3, -0.25) is 0 Å². The standard InChI is InChI=1S/C13H17F4NO/c1-9(19)3-2-6-18-8-10-4-5-12(14)11(7-10)13(15,16)17/h4-5,7,9,18-19H,2-3,6,8H2,1H3. The third-order valence-corrected chi connectivity index (χ3v) is 2.64. The van der Waals surface area contributed by atoms with E-state index in [4.69, 9.17) is 5.11 Å². The molecule has 0 heterocycles. The fourth-order valence-electron chi connectivity index (χ4n) is 1.65. The van der Waals surface area contributed by atoms with Gasteiger partial charge in [0.05, 0.1) is 11.7 Å². The molecule has 0 aliphatic rings. The van der Waals surface area contributed by atoms with Crippen LogP contribution in [0.1, 0.15) is 30.9 Å². The van der Waals surface area contributed by atoms with Crippen LogP contribution in [-0.4, -0.2) is 17.8 Å². The summed E-state index contributed by atoms with van der Waals surface area (Å²) < 4.78 is 50.4. The normalized spacial score (nSPS) is 13.6. The maximum Gasteiger partial charge on any atom is 0.419 e. The van der Waals surface area contributed by atoms with E-state index >= 15 is 0 Å². The van der Waals surface area contributed by atoms with Gasteiger partial charge in [-0.25, -0.2) is 4.39 Å². The Morgan fingerprint density at radius 2 is 2.00 bits per heavy atom. The number of aliphatic hydroxyl groups is 1. The first kappa shape index (κ1) is 15.9. The van der Waals surface area contributed by atoms with E-state index in [1.54, 1.807) is 6.92 Å². The summed E-state index contributed by atoms with van der Waals surface area (Å²) >= 11 is 0. The Labute approximate surface area is 109 Å². The first-order chi connectivity index (χ1) is 8.80. The van der Waals surface area contributed by atoms with E-state index in [9.17, 15) is 17.6 Å².